The molecule has 2 N–H and O–H groups in total. The molecule has 192 valence electrons. The molecule has 2 rings (SSSR count). The van der Waals surface area contributed by atoms with Crippen molar-refractivity contribution in [2.45, 2.75) is 77.7 Å². The van der Waals surface area contributed by atoms with Crippen molar-refractivity contribution in [2.24, 2.45) is 0 Å². The maximum Gasteiger partial charge on any atom is 0.338 e. The van der Waals surface area contributed by atoms with Gasteiger partial charge in [0.2, 0.25) is 0 Å². The van der Waals surface area contributed by atoms with Crippen molar-refractivity contribution < 1.29 is 19.1 Å². The summed E-state index contributed by atoms with van der Waals surface area (Å²) in [6.07, 6.45) is 8.56. The minimum Gasteiger partial charge on any atom is -0.493 e. The van der Waals surface area contributed by atoms with Crippen LogP contribution in [0.15, 0.2) is 48.5 Å². The van der Waals surface area contributed by atoms with Crippen molar-refractivity contribution in [3.63, 3.8) is 0 Å². The van der Waals surface area contributed by atoms with Gasteiger partial charge in [-0.05, 0) is 62.7 Å². The molecule has 0 atom stereocenters. The van der Waals surface area contributed by atoms with Gasteiger partial charge in [-0.3, -0.25) is 4.79 Å². The van der Waals surface area contributed by atoms with Gasteiger partial charge >= 0.3 is 5.97 Å². The predicted octanol–water partition coefficient (Wildman–Crippen LogP) is 6.61. The zero-order valence-electron chi connectivity index (χ0n) is 21.8. The number of esters is 1. The summed E-state index contributed by atoms with van der Waals surface area (Å²) < 4.78 is 11.8. The monoisotopic (exact) mass is 482 g/mol. The van der Waals surface area contributed by atoms with E-state index in [9.17, 15) is 9.59 Å². The van der Waals surface area contributed by atoms with E-state index in [1.807, 2.05) is 39.1 Å². The second-order valence-corrected chi connectivity index (χ2v) is 8.95. The van der Waals surface area contributed by atoms with Crippen LogP contribution in [-0.2, 0) is 4.74 Å². The normalized spacial score (nSPS) is 11.2. The topological polar surface area (TPSA) is 76.7 Å². The number of rotatable bonds is 16. The lowest BCUT2D eigenvalue weighted by Crippen LogP contribution is -2.42. The lowest BCUT2D eigenvalue weighted by Gasteiger charge is -2.31. The van der Waals surface area contributed by atoms with Gasteiger partial charge in [-0.2, -0.15) is 0 Å². The molecular weight excluding hydrogens is 440 g/mol. The number of carbonyl (C=O) groups excluding carboxylic acids is 2. The molecule has 0 heterocycles. The fourth-order valence-corrected chi connectivity index (χ4v) is 3.99. The van der Waals surface area contributed by atoms with Crippen LogP contribution in [-0.4, -0.2) is 37.7 Å². The van der Waals surface area contributed by atoms with Crippen LogP contribution >= 0.6 is 0 Å². The molecule has 0 saturated carbocycles. The number of ether oxygens (including phenoxy) is 2. The smallest absolute Gasteiger partial charge is 0.338 e. The highest BCUT2D eigenvalue weighted by atomic mass is 16.6. The number of unbranched alkanes of at least 4 members (excludes halogenated alkanes) is 5. The number of hydrogen-bond donors (Lipinski definition) is 2. The summed E-state index contributed by atoms with van der Waals surface area (Å²) in [5.41, 5.74) is 1.01. The minimum absolute atomic E-state index is 0.246. The van der Waals surface area contributed by atoms with Crippen LogP contribution in [0.25, 0.3) is 0 Å². The summed E-state index contributed by atoms with van der Waals surface area (Å²) in [4.78, 5) is 25.6. The first-order valence-corrected chi connectivity index (χ1v) is 13.0. The number of amides is 1. The molecule has 0 aliphatic carbocycles. The SMILES string of the molecule is CCCCCCCCOc1ccccc1C(=O)Nc1ccc(C(=O)OC(CC)(CC)CNC)cc1. The van der Waals surface area contributed by atoms with Gasteiger partial charge in [0, 0.05) is 12.2 Å². The van der Waals surface area contributed by atoms with Crippen LogP contribution in [0.2, 0.25) is 0 Å². The highest BCUT2D eigenvalue weighted by Gasteiger charge is 2.30. The fourth-order valence-electron chi connectivity index (χ4n) is 3.99. The maximum absolute atomic E-state index is 12.9. The third kappa shape index (κ3) is 9.02. The van der Waals surface area contributed by atoms with Crippen molar-refractivity contribution in [2.75, 3.05) is 25.5 Å². The van der Waals surface area contributed by atoms with Gasteiger partial charge in [-0.1, -0.05) is 65.0 Å². The van der Waals surface area contributed by atoms with Gasteiger partial charge in [0.05, 0.1) is 17.7 Å². The summed E-state index contributed by atoms with van der Waals surface area (Å²) in [6, 6.07) is 14.1. The van der Waals surface area contributed by atoms with Crippen LogP contribution in [0.5, 0.6) is 5.75 Å². The summed E-state index contributed by atoms with van der Waals surface area (Å²) >= 11 is 0. The van der Waals surface area contributed by atoms with Gasteiger partial charge in [0.15, 0.2) is 0 Å². The van der Waals surface area contributed by atoms with Gasteiger partial charge in [-0.25, -0.2) is 4.79 Å². The molecule has 0 bridgehead atoms. The molecule has 35 heavy (non-hydrogen) atoms. The van der Waals surface area contributed by atoms with E-state index in [4.69, 9.17) is 9.47 Å². The molecular formula is C29H42N2O4. The first-order chi connectivity index (χ1) is 17.0. The summed E-state index contributed by atoms with van der Waals surface area (Å²) in [6.45, 7) is 7.44. The molecule has 2 aromatic rings. The average Bonchev–Trinajstić information content (AvgIpc) is 2.88. The molecule has 0 aliphatic rings. The Morgan fingerprint density at radius 1 is 0.857 bits per heavy atom. The molecule has 0 fully saturated rings. The van der Waals surface area contributed by atoms with Crippen molar-refractivity contribution in [1.29, 1.82) is 0 Å². The molecule has 0 radical (unpaired) electrons. The Labute approximate surface area is 210 Å². The highest BCUT2D eigenvalue weighted by molar-refractivity contribution is 6.06. The van der Waals surface area contributed by atoms with Crippen molar-refractivity contribution >= 4 is 17.6 Å². The summed E-state index contributed by atoms with van der Waals surface area (Å²) in [5, 5.41) is 6.01. The fraction of sp³-hybridized carbons (Fsp3) is 0.517. The molecule has 0 unspecified atom stereocenters. The van der Waals surface area contributed by atoms with Crippen molar-refractivity contribution in [3.8, 4) is 5.75 Å². The Balaban J connectivity index is 1.95. The lowest BCUT2D eigenvalue weighted by atomic mass is 9.97. The Kier molecular flexibility index (Phi) is 12.3. The average molecular weight is 483 g/mol. The summed E-state index contributed by atoms with van der Waals surface area (Å²) in [7, 11) is 1.85. The van der Waals surface area contributed by atoms with Crippen molar-refractivity contribution in [1.82, 2.24) is 5.32 Å². The molecule has 0 spiro atoms. The first kappa shape index (κ1) is 28.4. The van der Waals surface area contributed by atoms with E-state index >= 15 is 0 Å². The number of carbonyl (C=O) groups is 2. The quantitative estimate of drug-likeness (QED) is 0.208. The largest absolute Gasteiger partial charge is 0.493 e. The zero-order chi connectivity index (χ0) is 25.5. The number of nitrogens with one attached hydrogen (secondary N) is 2. The Morgan fingerprint density at radius 3 is 2.17 bits per heavy atom. The number of hydrogen-bond acceptors (Lipinski definition) is 5. The highest BCUT2D eigenvalue weighted by Crippen LogP contribution is 2.23. The Hall–Kier alpha value is -2.86. The molecule has 6 nitrogen and oxygen atoms in total. The number of likely N-dealkylation sites (N-methyl/N-ethyl adjacent to an activating group) is 1. The van der Waals surface area contributed by atoms with E-state index in [2.05, 4.69) is 17.6 Å². The second kappa shape index (κ2) is 15.2. The first-order valence-electron chi connectivity index (χ1n) is 13.0. The van der Waals surface area contributed by atoms with Crippen LogP contribution in [0.3, 0.4) is 0 Å². The lowest BCUT2D eigenvalue weighted by molar-refractivity contribution is -0.0214. The maximum atomic E-state index is 12.9. The van der Waals surface area contributed by atoms with E-state index in [-0.39, 0.29) is 11.9 Å². The van der Waals surface area contributed by atoms with E-state index in [0.29, 0.717) is 35.7 Å². The van der Waals surface area contributed by atoms with Gasteiger partial charge in [0.1, 0.15) is 11.4 Å². The Bertz CT molecular complexity index is 907. The van der Waals surface area contributed by atoms with Gasteiger partial charge < -0.3 is 20.1 Å². The summed E-state index contributed by atoms with van der Waals surface area (Å²) in [5.74, 6) is -0.0297. The van der Waals surface area contributed by atoms with E-state index in [1.54, 1.807) is 30.3 Å². The number of para-hydroxylation sites is 1. The molecule has 0 aromatic heterocycles. The van der Waals surface area contributed by atoms with Gasteiger partial charge in [-0.15, -0.1) is 0 Å². The second-order valence-electron chi connectivity index (χ2n) is 8.95. The standard InChI is InChI=1S/C29H42N2O4/c1-5-8-9-10-11-14-21-34-26-16-13-12-15-25(26)27(32)31-24-19-17-23(18-20-24)28(33)35-29(6-2,7-3)22-30-4/h12-13,15-20,30H,5-11,14,21-22H2,1-4H3,(H,31,32). The number of anilines is 1. The van der Waals surface area contributed by atoms with E-state index in [0.717, 1.165) is 25.7 Å². The van der Waals surface area contributed by atoms with Crippen LogP contribution < -0.4 is 15.4 Å². The van der Waals surface area contributed by atoms with E-state index < -0.39 is 5.60 Å². The molecule has 2 aromatic carbocycles. The van der Waals surface area contributed by atoms with Crippen LogP contribution in [0, 0.1) is 0 Å². The zero-order valence-corrected chi connectivity index (χ0v) is 21.8. The van der Waals surface area contributed by atoms with E-state index in [1.165, 1.54) is 25.7 Å². The molecule has 6 heteroatoms. The van der Waals surface area contributed by atoms with Crippen LogP contribution in [0.1, 0.15) is 92.9 Å². The number of benzene rings is 2. The minimum atomic E-state index is -0.530. The van der Waals surface area contributed by atoms with Crippen molar-refractivity contribution in [3.05, 3.63) is 59.7 Å². The third-order valence-electron chi connectivity index (χ3n) is 6.36. The van der Waals surface area contributed by atoms with Crippen LogP contribution in [0.4, 0.5) is 5.69 Å². The Morgan fingerprint density at radius 2 is 1.51 bits per heavy atom. The molecule has 1 amide bonds. The van der Waals surface area contributed by atoms with Gasteiger partial charge in [0.25, 0.3) is 5.91 Å². The molecule has 0 aliphatic heterocycles. The molecule has 0 saturated heterocycles. The third-order valence-corrected chi connectivity index (χ3v) is 6.36. The predicted molar refractivity (Wildman–Crippen MR) is 142 cm³/mol.